The molecule has 0 aliphatic heterocycles. The number of nitro benzene ring substituents is 1. The molecule has 1 aromatic rings. The number of alkyl halides is 3. The number of amides is 1. The summed E-state index contributed by atoms with van der Waals surface area (Å²) >= 11 is 0. The lowest BCUT2D eigenvalue weighted by molar-refractivity contribution is -0.384. The van der Waals surface area contributed by atoms with Crippen molar-refractivity contribution in [2.45, 2.75) is 13.1 Å². The van der Waals surface area contributed by atoms with Gasteiger partial charge in [-0.25, -0.2) is 0 Å². The van der Waals surface area contributed by atoms with Gasteiger partial charge in [0.05, 0.1) is 16.3 Å². The second kappa shape index (κ2) is 7.95. The fraction of sp³-hybridized carbons (Fsp3) is 0.500. The number of non-ortho nitro benzene ring substituents is 1. The van der Waals surface area contributed by atoms with Crippen LogP contribution in [0.4, 0.5) is 30.2 Å². The van der Waals surface area contributed by atoms with Crippen molar-refractivity contribution in [3.63, 3.8) is 0 Å². The van der Waals surface area contributed by atoms with Gasteiger partial charge in [0.25, 0.3) is 5.69 Å². The summed E-state index contributed by atoms with van der Waals surface area (Å²) in [6.07, 6.45) is -5.08. The third-order valence-electron chi connectivity index (χ3n) is 3.46. The number of nitro groups is 1. The van der Waals surface area contributed by atoms with Crippen LogP contribution in [0.5, 0.6) is 0 Å². The second-order valence-electron chi connectivity index (χ2n) is 5.23. The van der Waals surface area contributed by atoms with Gasteiger partial charge in [-0.1, -0.05) is 6.92 Å². The largest absolute Gasteiger partial charge is 0.471 e. The Morgan fingerprint density at radius 2 is 1.92 bits per heavy atom. The van der Waals surface area contributed by atoms with Crippen LogP contribution in [0, 0.1) is 10.1 Å². The van der Waals surface area contributed by atoms with Gasteiger partial charge in [-0.2, -0.15) is 13.2 Å². The summed E-state index contributed by atoms with van der Waals surface area (Å²) < 4.78 is 37.4. The highest BCUT2D eigenvalue weighted by Gasteiger charge is 2.39. The monoisotopic (exact) mass is 348 g/mol. The summed E-state index contributed by atoms with van der Waals surface area (Å²) in [6.45, 7) is 3.86. The zero-order valence-electron chi connectivity index (χ0n) is 13.6. The molecule has 0 aromatic heterocycles. The van der Waals surface area contributed by atoms with E-state index in [0.717, 1.165) is 12.6 Å². The number of hydrogen-bond donors (Lipinski definition) is 1. The van der Waals surface area contributed by atoms with Crippen LogP contribution >= 0.6 is 0 Å². The third-order valence-corrected chi connectivity index (χ3v) is 3.46. The molecule has 0 aliphatic carbocycles. The molecule has 1 amide bonds. The normalized spacial score (nSPS) is 11.5. The summed E-state index contributed by atoms with van der Waals surface area (Å²) in [5.74, 6) is -2.18. The Morgan fingerprint density at radius 1 is 1.29 bits per heavy atom. The molecule has 24 heavy (non-hydrogen) atoms. The van der Waals surface area contributed by atoms with E-state index in [9.17, 15) is 28.1 Å². The Hall–Kier alpha value is -2.36. The SMILES string of the molecule is CCN(C)CCN(C)c1ccc([N+](=O)[O-])cc1NC(=O)C(F)(F)F. The van der Waals surface area contributed by atoms with Crippen molar-refractivity contribution < 1.29 is 22.9 Å². The maximum Gasteiger partial charge on any atom is 0.471 e. The van der Waals surface area contributed by atoms with Crippen molar-refractivity contribution >= 4 is 23.0 Å². The van der Waals surface area contributed by atoms with Crippen molar-refractivity contribution in [1.29, 1.82) is 0 Å². The minimum absolute atomic E-state index is 0.256. The molecule has 0 spiro atoms. The highest BCUT2D eigenvalue weighted by Crippen LogP contribution is 2.31. The predicted molar refractivity (Wildman–Crippen MR) is 84.2 cm³/mol. The molecule has 0 saturated heterocycles. The van der Waals surface area contributed by atoms with Gasteiger partial charge in [-0.3, -0.25) is 14.9 Å². The number of anilines is 2. The topological polar surface area (TPSA) is 78.7 Å². The average molecular weight is 348 g/mol. The molecule has 0 aliphatic rings. The van der Waals surface area contributed by atoms with Gasteiger partial charge in [0.15, 0.2) is 0 Å². The van der Waals surface area contributed by atoms with Crippen LogP contribution in [0.3, 0.4) is 0 Å². The maximum atomic E-state index is 12.5. The zero-order chi connectivity index (χ0) is 18.5. The number of nitrogens with zero attached hydrogens (tertiary/aromatic N) is 3. The highest BCUT2D eigenvalue weighted by molar-refractivity contribution is 5.98. The first-order valence-electron chi connectivity index (χ1n) is 7.12. The molecule has 1 aromatic carbocycles. The van der Waals surface area contributed by atoms with Gasteiger partial charge < -0.3 is 15.1 Å². The van der Waals surface area contributed by atoms with E-state index in [-0.39, 0.29) is 11.4 Å². The molecule has 1 rings (SSSR count). The Bertz CT molecular complexity index is 607. The first-order chi connectivity index (χ1) is 11.1. The van der Waals surface area contributed by atoms with Crippen LogP contribution in [0.25, 0.3) is 0 Å². The van der Waals surface area contributed by atoms with E-state index in [2.05, 4.69) is 0 Å². The lowest BCUT2D eigenvalue weighted by Gasteiger charge is -2.25. The predicted octanol–water partition coefficient (Wildman–Crippen LogP) is 2.48. The Morgan fingerprint density at radius 3 is 2.42 bits per heavy atom. The minimum Gasteiger partial charge on any atom is -0.372 e. The quantitative estimate of drug-likeness (QED) is 0.605. The van der Waals surface area contributed by atoms with Crippen LogP contribution in [0.15, 0.2) is 18.2 Å². The lowest BCUT2D eigenvalue weighted by atomic mass is 10.2. The van der Waals surface area contributed by atoms with E-state index in [1.807, 2.05) is 18.9 Å². The number of halogens is 3. The fourth-order valence-electron chi connectivity index (χ4n) is 1.86. The molecule has 0 unspecified atom stereocenters. The van der Waals surface area contributed by atoms with Gasteiger partial charge in [0.1, 0.15) is 0 Å². The first kappa shape index (κ1) is 19.7. The van der Waals surface area contributed by atoms with Crippen LogP contribution in [0.1, 0.15) is 6.92 Å². The van der Waals surface area contributed by atoms with Crippen molar-refractivity contribution in [3.8, 4) is 0 Å². The number of carbonyl (C=O) groups excluding carboxylic acids is 1. The molecule has 134 valence electrons. The highest BCUT2D eigenvalue weighted by atomic mass is 19.4. The molecule has 0 heterocycles. The maximum absolute atomic E-state index is 12.5. The van der Waals surface area contributed by atoms with Crippen molar-refractivity contribution in [3.05, 3.63) is 28.3 Å². The minimum atomic E-state index is -5.08. The molecule has 0 fully saturated rings. The van der Waals surface area contributed by atoms with E-state index in [4.69, 9.17) is 0 Å². The zero-order valence-corrected chi connectivity index (χ0v) is 13.6. The summed E-state index contributed by atoms with van der Waals surface area (Å²) in [4.78, 5) is 24.9. The van der Waals surface area contributed by atoms with Crippen LogP contribution in [-0.4, -0.2) is 55.6 Å². The molecular formula is C14H19F3N4O3. The Balaban J connectivity index is 3.09. The molecule has 10 heteroatoms. The first-order valence-corrected chi connectivity index (χ1v) is 7.12. The van der Waals surface area contributed by atoms with E-state index < -0.39 is 22.7 Å². The Kier molecular flexibility index (Phi) is 6.52. The van der Waals surface area contributed by atoms with Crippen LogP contribution in [-0.2, 0) is 4.79 Å². The molecule has 0 bridgehead atoms. The van der Waals surface area contributed by atoms with Crippen molar-refractivity contribution in [1.82, 2.24) is 4.90 Å². The summed E-state index contributed by atoms with van der Waals surface area (Å²) in [5.41, 5.74) is -0.397. The number of nitrogens with one attached hydrogen (secondary N) is 1. The van der Waals surface area contributed by atoms with E-state index in [0.29, 0.717) is 13.1 Å². The number of hydrogen-bond acceptors (Lipinski definition) is 5. The molecule has 7 nitrogen and oxygen atoms in total. The summed E-state index contributed by atoms with van der Waals surface area (Å²) in [6, 6.07) is 3.41. The average Bonchev–Trinajstić information content (AvgIpc) is 2.51. The number of carbonyl (C=O) groups is 1. The Labute approximate surface area is 137 Å². The molecule has 1 N–H and O–H groups in total. The van der Waals surface area contributed by atoms with Crippen LogP contribution in [0.2, 0.25) is 0 Å². The molecule has 0 atom stereocenters. The molecule has 0 radical (unpaired) electrons. The molecular weight excluding hydrogens is 329 g/mol. The van der Waals surface area contributed by atoms with E-state index in [1.165, 1.54) is 12.1 Å². The van der Waals surface area contributed by atoms with Gasteiger partial charge in [-0.15, -0.1) is 0 Å². The van der Waals surface area contributed by atoms with Gasteiger partial charge in [-0.05, 0) is 19.7 Å². The third kappa shape index (κ3) is 5.37. The summed E-state index contributed by atoms with van der Waals surface area (Å²) in [5, 5.41) is 12.5. The van der Waals surface area contributed by atoms with Gasteiger partial charge >= 0.3 is 12.1 Å². The smallest absolute Gasteiger partial charge is 0.372 e. The van der Waals surface area contributed by atoms with Crippen molar-refractivity contribution in [2.24, 2.45) is 0 Å². The van der Waals surface area contributed by atoms with Gasteiger partial charge in [0, 0.05) is 32.3 Å². The van der Waals surface area contributed by atoms with Gasteiger partial charge in [0.2, 0.25) is 0 Å². The lowest BCUT2D eigenvalue weighted by Crippen LogP contribution is -2.33. The second-order valence-corrected chi connectivity index (χ2v) is 5.23. The fourth-order valence-corrected chi connectivity index (χ4v) is 1.86. The molecule has 0 saturated carbocycles. The van der Waals surface area contributed by atoms with Crippen molar-refractivity contribution in [2.75, 3.05) is 43.9 Å². The van der Waals surface area contributed by atoms with Crippen LogP contribution < -0.4 is 10.2 Å². The van der Waals surface area contributed by atoms with E-state index >= 15 is 0 Å². The number of rotatable bonds is 7. The number of benzene rings is 1. The summed E-state index contributed by atoms with van der Waals surface area (Å²) in [7, 11) is 3.52. The number of likely N-dealkylation sites (N-methyl/N-ethyl adjacent to an activating group) is 2. The van der Waals surface area contributed by atoms with E-state index in [1.54, 1.807) is 17.3 Å². The standard InChI is InChI=1S/C14H19F3N4O3/c1-4-19(2)7-8-20(3)12-6-5-10(21(23)24)9-11(12)18-13(22)14(15,16)17/h5-6,9H,4,7-8H2,1-3H3,(H,18,22).